The number of cyclic esters (lactones) is 1. The number of hydrogen-bond acceptors (Lipinski definition) is 28. The first-order valence-corrected chi connectivity index (χ1v) is 33.0. The molecule has 0 aromatic carbocycles. The van der Waals surface area contributed by atoms with Crippen molar-refractivity contribution in [3.8, 4) is 0 Å². The normalized spacial score (nSPS) is 46.7. The minimum atomic E-state index is -5.55. The van der Waals surface area contributed by atoms with E-state index >= 15 is 0 Å². The summed E-state index contributed by atoms with van der Waals surface area (Å²) >= 11 is 0. The summed E-state index contributed by atoms with van der Waals surface area (Å²) in [5.41, 5.74) is -3.44. The maximum Gasteiger partial charge on any atom is 0.397 e. The van der Waals surface area contributed by atoms with E-state index in [1.54, 1.807) is 6.92 Å². The molecule has 0 radical (unpaired) electrons. The summed E-state index contributed by atoms with van der Waals surface area (Å²) in [6.07, 6.45) is -30.2. The first-order valence-electron chi connectivity index (χ1n) is 28.9. The third kappa shape index (κ3) is 13.0. The Kier molecular flexibility index (Phi) is 19.6. The molecule has 4 aliphatic carbocycles. The Balaban J connectivity index is 0.915. The monoisotopic (exact) mass is 1310 g/mol. The molecule has 31 nitrogen and oxygen atoms in total. The van der Waals surface area contributed by atoms with E-state index in [1.165, 1.54) is 6.92 Å². The molecular weight excluding hydrogens is 1230 g/mol. The van der Waals surface area contributed by atoms with Gasteiger partial charge in [-0.15, -0.1) is 0 Å². The van der Waals surface area contributed by atoms with Gasteiger partial charge in [0.25, 0.3) is 0 Å². The Morgan fingerprint density at radius 3 is 1.95 bits per heavy atom. The van der Waals surface area contributed by atoms with Crippen LogP contribution in [0.15, 0.2) is 11.6 Å². The number of Topliss-reactive ketones (excluding diaryl/α,β-unsaturated/α-hetero) is 2. The summed E-state index contributed by atoms with van der Waals surface area (Å²) in [6, 6.07) is 0. The van der Waals surface area contributed by atoms with E-state index in [4.69, 9.17) is 60.3 Å². The molecule has 498 valence electrons. The Bertz CT molecular complexity index is 2950. The van der Waals surface area contributed by atoms with E-state index in [-0.39, 0.29) is 48.6 Å². The van der Waals surface area contributed by atoms with Crippen LogP contribution in [0, 0.1) is 45.3 Å². The lowest BCUT2D eigenvalue weighted by atomic mass is 9.41. The second-order valence-electron chi connectivity index (χ2n) is 26.4. The van der Waals surface area contributed by atoms with Gasteiger partial charge in [-0.2, -0.15) is 25.3 Å². The minimum Gasteiger partial charge on any atom is -0.458 e. The fourth-order valence-corrected chi connectivity index (χ4v) is 17.5. The van der Waals surface area contributed by atoms with Gasteiger partial charge in [0, 0.05) is 31.8 Å². The molecule has 26 atom stereocenters. The number of carbonyl (C=O) groups is 3. The van der Waals surface area contributed by atoms with Crippen LogP contribution in [-0.2, 0) is 105 Å². The average Bonchev–Trinajstić information content (AvgIpc) is 1.53. The highest BCUT2D eigenvalue weighted by Crippen LogP contribution is 2.75. The number of fused-ring (bicyclic) bond motifs is 4. The molecule has 5 heterocycles. The van der Waals surface area contributed by atoms with Crippen molar-refractivity contribution in [3.05, 3.63) is 11.6 Å². The minimum absolute atomic E-state index is 0.0519. The highest BCUT2D eigenvalue weighted by atomic mass is 32.3. The van der Waals surface area contributed by atoms with E-state index in [9.17, 15) is 79.4 Å². The lowest BCUT2D eigenvalue weighted by molar-refractivity contribution is -0.380. The SMILES string of the molecule is CO[C@@H]1[C@@H](O)[C@H](O[C@@H]2[C@@H](OS(=O)(=O)O)[C@H](O[C@H]3[C@H](O)[C@@H](O)[C@H](O[C@H]4[C@H](O[C@H]5CC[C@]6(C)C7CC[C@]89C(=O)O[C@@](C)(CC(=O)CC(C)C)[C@H]8C(=O)C[C@@]9(C)C7=CCC6C5(C)C)OC[C@@H](OS(=O)(=O)O)[C@@H]4O)O[C@@H]3C)OC[C@H]2O)O[C@H](COS(=O)(=O)O)[C@H]1O. The van der Waals surface area contributed by atoms with Gasteiger partial charge >= 0.3 is 37.2 Å². The molecule has 9 aliphatic rings. The molecule has 9 N–H and O–H groups in total. The van der Waals surface area contributed by atoms with Gasteiger partial charge in [0.05, 0.1) is 43.4 Å². The van der Waals surface area contributed by atoms with Crippen molar-refractivity contribution < 1.29 is 144 Å². The Hall–Kier alpha value is -2.44. The first kappa shape index (κ1) is 68.9. The second kappa shape index (κ2) is 24.8. The summed E-state index contributed by atoms with van der Waals surface area (Å²) in [5.74, 6) is -1.53. The van der Waals surface area contributed by atoms with Crippen LogP contribution in [0.5, 0.6) is 0 Å². The van der Waals surface area contributed by atoms with E-state index in [2.05, 4.69) is 17.2 Å². The van der Waals surface area contributed by atoms with E-state index in [0.717, 1.165) is 12.7 Å². The molecule has 9 rings (SSSR count). The van der Waals surface area contributed by atoms with Gasteiger partial charge in [0.2, 0.25) is 0 Å². The number of ether oxygens (including phenoxy) is 10. The van der Waals surface area contributed by atoms with Crippen molar-refractivity contribution in [2.24, 2.45) is 45.3 Å². The molecule has 5 saturated heterocycles. The highest BCUT2D eigenvalue weighted by molar-refractivity contribution is 7.81. The number of rotatable bonds is 20. The molecule has 2 unspecified atom stereocenters. The highest BCUT2D eigenvalue weighted by Gasteiger charge is 2.79. The molecule has 0 aromatic rings. The summed E-state index contributed by atoms with van der Waals surface area (Å²) in [5, 5.41) is 68.1. The number of aliphatic hydroxyl groups excluding tert-OH is 6. The lowest BCUT2D eigenvalue weighted by Gasteiger charge is -2.63. The van der Waals surface area contributed by atoms with Crippen molar-refractivity contribution >= 4 is 48.7 Å². The molecular formula is C53H82O31S3. The van der Waals surface area contributed by atoms with Crippen LogP contribution >= 0.6 is 0 Å². The van der Waals surface area contributed by atoms with Crippen LogP contribution in [0.2, 0.25) is 0 Å². The van der Waals surface area contributed by atoms with Crippen LogP contribution in [0.1, 0.15) is 107 Å². The topological polar surface area (TPSA) is 456 Å². The zero-order chi connectivity index (χ0) is 64.3. The number of carbonyl (C=O) groups excluding carboxylic acids is 3. The zero-order valence-electron chi connectivity index (χ0n) is 49.4. The third-order valence-corrected chi connectivity index (χ3v) is 21.4. The Morgan fingerprint density at radius 2 is 1.32 bits per heavy atom. The zero-order valence-corrected chi connectivity index (χ0v) is 51.8. The van der Waals surface area contributed by atoms with Crippen molar-refractivity contribution in [2.45, 2.75) is 229 Å². The van der Waals surface area contributed by atoms with Crippen LogP contribution in [0.25, 0.3) is 0 Å². The molecule has 34 heteroatoms. The third-order valence-electron chi connectivity index (χ3n) is 20.0. The van der Waals surface area contributed by atoms with Crippen LogP contribution in [0.3, 0.4) is 0 Å². The lowest BCUT2D eigenvalue weighted by Crippen LogP contribution is -2.66. The van der Waals surface area contributed by atoms with Gasteiger partial charge in [-0.25, -0.2) is 12.5 Å². The smallest absolute Gasteiger partial charge is 0.397 e. The first-order chi connectivity index (χ1) is 40.2. The van der Waals surface area contributed by atoms with Crippen molar-refractivity contribution in [1.29, 1.82) is 0 Å². The summed E-state index contributed by atoms with van der Waals surface area (Å²) < 4.78 is 173. The van der Waals surface area contributed by atoms with E-state index in [0.29, 0.717) is 32.1 Å². The molecule has 0 amide bonds. The molecule has 5 aliphatic heterocycles. The molecule has 8 fully saturated rings. The number of hydrogen-bond donors (Lipinski definition) is 9. The van der Waals surface area contributed by atoms with Crippen molar-refractivity contribution in [1.82, 2.24) is 0 Å². The van der Waals surface area contributed by atoms with E-state index < -0.39 is 207 Å². The van der Waals surface area contributed by atoms with Crippen LogP contribution in [0.4, 0.5) is 0 Å². The fraction of sp³-hybridized carbons (Fsp3) is 0.906. The number of methoxy groups -OCH3 is 1. The molecule has 87 heavy (non-hydrogen) atoms. The predicted molar refractivity (Wildman–Crippen MR) is 286 cm³/mol. The molecule has 1 spiro atoms. The molecule has 3 saturated carbocycles. The van der Waals surface area contributed by atoms with Crippen molar-refractivity contribution in [3.63, 3.8) is 0 Å². The maximum absolute atomic E-state index is 14.4. The predicted octanol–water partition coefficient (Wildman–Crippen LogP) is -0.830. The standard InChI is InChI=1S/C53H82O31S3/c1-22(2)16-24(54)17-52(8)43-27(55)18-51(7)26-10-11-31-49(4,5)32(13-14-50(31,6)25(26)12-15-53(43,51)48(62)82-52)78-46-41(34(58)30(20-74-46)83-86(66,67)68)81-44-36(60)35(59)38(23(3)76-44)79-47-42(84-87(69,70)71)39(28(56)19-73-47)80-45-37(61)40(72-9)33(57)29(77-45)21-75-85(63,64)65/h10,22-23,25,28-47,56-61H,11-21H2,1-9H3,(H,63,64,65)(H,66,67,68)(H,69,70,71)/t23-,25?,28-,29-,30-,31?,32+,33-,34+,35-,36-,37-,38-,39+,40+,41-,42-,43-,44+,45+,46+,47+,50-,51+,52+,53-/m1/s1. The van der Waals surface area contributed by atoms with E-state index in [1.807, 2.05) is 34.6 Å². The summed E-state index contributed by atoms with van der Waals surface area (Å²) in [7, 11) is -14.9. The van der Waals surface area contributed by atoms with Crippen LogP contribution < -0.4 is 0 Å². The average molecular weight is 1310 g/mol. The summed E-state index contributed by atoms with van der Waals surface area (Å²) in [6.45, 7) is 12.5. The number of esters is 1. The largest absolute Gasteiger partial charge is 0.458 e. The van der Waals surface area contributed by atoms with Gasteiger partial charge in [-0.1, -0.05) is 53.2 Å². The van der Waals surface area contributed by atoms with Crippen molar-refractivity contribution in [2.75, 3.05) is 26.9 Å². The number of ketones is 2. The van der Waals surface area contributed by atoms with Gasteiger partial charge in [-0.3, -0.25) is 28.0 Å². The summed E-state index contributed by atoms with van der Waals surface area (Å²) in [4.78, 5) is 42.0. The molecule has 0 aromatic heterocycles. The van der Waals surface area contributed by atoms with Gasteiger partial charge < -0.3 is 78.0 Å². The number of aliphatic hydroxyl groups is 6. The number of allylic oxidation sites excluding steroid dienone is 2. The van der Waals surface area contributed by atoms with Gasteiger partial charge in [0.15, 0.2) is 31.3 Å². The van der Waals surface area contributed by atoms with Crippen LogP contribution in [-0.4, -0.2) is 236 Å². The van der Waals surface area contributed by atoms with Gasteiger partial charge in [-0.05, 0) is 74.5 Å². The molecule has 0 bridgehead atoms. The quantitative estimate of drug-likeness (QED) is 0.0408. The maximum atomic E-state index is 14.4. The van der Waals surface area contributed by atoms with Gasteiger partial charge in [0.1, 0.15) is 90.4 Å². The Labute approximate surface area is 503 Å². The second-order valence-corrected chi connectivity index (χ2v) is 29.6. The Morgan fingerprint density at radius 1 is 0.701 bits per heavy atom. The fourth-order valence-electron chi connectivity index (χ4n) is 16.3.